The van der Waals surface area contributed by atoms with E-state index in [4.69, 9.17) is 0 Å². The lowest BCUT2D eigenvalue weighted by atomic mass is 10.1. The number of hydrogen-bond acceptors (Lipinski definition) is 5. The molecule has 5 nitrogen and oxygen atoms in total. The highest BCUT2D eigenvalue weighted by molar-refractivity contribution is 7.17. The van der Waals surface area contributed by atoms with Crippen molar-refractivity contribution >= 4 is 27.5 Å². The number of carboxylic acids is 1. The van der Waals surface area contributed by atoms with Crippen LogP contribution >= 0.6 is 11.3 Å². The summed E-state index contributed by atoms with van der Waals surface area (Å²) in [5, 5.41) is 11.2. The van der Waals surface area contributed by atoms with E-state index in [1.54, 1.807) is 17.5 Å². The minimum absolute atomic E-state index is 0.214. The summed E-state index contributed by atoms with van der Waals surface area (Å²) < 4.78 is 1.08. The zero-order chi connectivity index (χ0) is 14.4. The predicted molar refractivity (Wildman–Crippen MR) is 79.6 cm³/mol. The van der Waals surface area contributed by atoms with Crippen LogP contribution in [-0.2, 0) is 0 Å². The highest BCUT2D eigenvalue weighted by atomic mass is 32.1. The van der Waals surface area contributed by atoms with Gasteiger partial charge in [-0.2, -0.15) is 0 Å². The molecular formula is C15H11N3O2S. The number of rotatable bonds is 3. The van der Waals surface area contributed by atoms with Gasteiger partial charge < -0.3 is 5.11 Å². The Labute approximate surface area is 124 Å². The molecule has 0 atom stereocenters. The standard InChI is InChI=1S/C15H11N3O2S/c19-15(20)10-7-17-14(18-13(10)8-1-2-8)9-5-12-11(16-6-9)3-4-21-12/h3-8H,1-2H2,(H,19,20). The Morgan fingerprint density at radius 3 is 2.90 bits per heavy atom. The maximum absolute atomic E-state index is 11.3. The number of aromatic carboxylic acids is 1. The van der Waals surface area contributed by atoms with Crippen LogP contribution in [-0.4, -0.2) is 26.0 Å². The van der Waals surface area contributed by atoms with Crippen molar-refractivity contribution in [3.05, 3.63) is 41.2 Å². The van der Waals surface area contributed by atoms with Gasteiger partial charge in [0.25, 0.3) is 0 Å². The first-order chi connectivity index (χ1) is 10.2. The molecular weight excluding hydrogens is 286 g/mol. The topological polar surface area (TPSA) is 76.0 Å². The molecule has 4 rings (SSSR count). The molecule has 1 aliphatic rings. The number of pyridine rings is 1. The van der Waals surface area contributed by atoms with Crippen LogP contribution in [0.2, 0.25) is 0 Å². The molecule has 0 amide bonds. The Morgan fingerprint density at radius 1 is 1.29 bits per heavy atom. The van der Waals surface area contributed by atoms with Gasteiger partial charge in [-0.1, -0.05) is 0 Å². The van der Waals surface area contributed by atoms with Gasteiger partial charge in [0.05, 0.1) is 21.5 Å². The lowest BCUT2D eigenvalue weighted by Crippen LogP contribution is -2.06. The average Bonchev–Trinajstić information content (AvgIpc) is 3.24. The molecule has 0 unspecified atom stereocenters. The number of carbonyl (C=O) groups is 1. The minimum atomic E-state index is -0.963. The van der Waals surface area contributed by atoms with Crippen LogP contribution in [0.4, 0.5) is 0 Å². The van der Waals surface area contributed by atoms with Gasteiger partial charge >= 0.3 is 5.97 Å². The van der Waals surface area contributed by atoms with Gasteiger partial charge in [0.2, 0.25) is 0 Å². The number of nitrogens with zero attached hydrogens (tertiary/aromatic N) is 3. The van der Waals surface area contributed by atoms with Crippen LogP contribution in [0.3, 0.4) is 0 Å². The van der Waals surface area contributed by atoms with Crippen molar-refractivity contribution in [2.75, 3.05) is 0 Å². The summed E-state index contributed by atoms with van der Waals surface area (Å²) >= 11 is 1.61. The number of thiophene rings is 1. The van der Waals surface area contributed by atoms with E-state index in [-0.39, 0.29) is 11.5 Å². The zero-order valence-corrected chi connectivity index (χ0v) is 11.8. The molecule has 0 spiro atoms. The van der Waals surface area contributed by atoms with Crippen molar-refractivity contribution in [2.45, 2.75) is 18.8 Å². The van der Waals surface area contributed by atoms with Crippen molar-refractivity contribution in [3.8, 4) is 11.4 Å². The molecule has 0 bridgehead atoms. The Morgan fingerprint density at radius 2 is 2.14 bits per heavy atom. The van der Waals surface area contributed by atoms with Crippen LogP contribution in [0.5, 0.6) is 0 Å². The largest absolute Gasteiger partial charge is 0.478 e. The molecule has 1 saturated carbocycles. The van der Waals surface area contributed by atoms with Crippen molar-refractivity contribution in [2.24, 2.45) is 0 Å². The van der Waals surface area contributed by atoms with E-state index >= 15 is 0 Å². The van der Waals surface area contributed by atoms with Crippen LogP contribution in [0.25, 0.3) is 21.6 Å². The highest BCUT2D eigenvalue weighted by Gasteiger charge is 2.30. The molecule has 1 aliphatic carbocycles. The number of fused-ring (bicyclic) bond motifs is 1. The highest BCUT2D eigenvalue weighted by Crippen LogP contribution is 2.41. The summed E-state index contributed by atoms with van der Waals surface area (Å²) in [6, 6.07) is 3.97. The summed E-state index contributed by atoms with van der Waals surface area (Å²) in [6.07, 6.45) is 5.15. The van der Waals surface area contributed by atoms with E-state index in [0.29, 0.717) is 11.5 Å². The van der Waals surface area contributed by atoms with Gasteiger partial charge in [0.15, 0.2) is 5.82 Å². The summed E-state index contributed by atoms with van der Waals surface area (Å²) in [7, 11) is 0. The molecule has 0 aliphatic heterocycles. The van der Waals surface area contributed by atoms with Crippen molar-refractivity contribution in [1.82, 2.24) is 15.0 Å². The Kier molecular flexibility index (Phi) is 2.71. The van der Waals surface area contributed by atoms with Gasteiger partial charge in [0, 0.05) is 23.9 Å². The first-order valence-corrected chi connectivity index (χ1v) is 7.54. The average molecular weight is 297 g/mol. The van der Waals surface area contributed by atoms with E-state index in [0.717, 1.165) is 28.6 Å². The summed E-state index contributed by atoms with van der Waals surface area (Å²) in [4.78, 5) is 24.3. The number of carboxylic acid groups (broad SMARTS) is 1. The Hall–Kier alpha value is -2.34. The zero-order valence-electron chi connectivity index (χ0n) is 11.0. The molecule has 3 aromatic rings. The molecule has 0 radical (unpaired) electrons. The second-order valence-electron chi connectivity index (χ2n) is 5.10. The molecule has 3 heterocycles. The SMILES string of the molecule is O=C(O)c1cnc(-c2cnc3ccsc3c2)nc1C1CC1. The molecule has 21 heavy (non-hydrogen) atoms. The molecule has 3 aromatic heterocycles. The minimum Gasteiger partial charge on any atom is -0.478 e. The normalized spacial score (nSPS) is 14.5. The third kappa shape index (κ3) is 2.17. The van der Waals surface area contributed by atoms with Gasteiger partial charge in [-0.25, -0.2) is 14.8 Å². The van der Waals surface area contributed by atoms with Crippen LogP contribution in [0, 0.1) is 0 Å². The first kappa shape index (κ1) is 12.4. The summed E-state index contributed by atoms with van der Waals surface area (Å²) in [5.41, 5.74) is 2.64. The quantitative estimate of drug-likeness (QED) is 0.802. The predicted octanol–water partition coefficient (Wildman–Crippen LogP) is 3.33. The molecule has 0 saturated heterocycles. The monoisotopic (exact) mass is 297 g/mol. The van der Waals surface area contributed by atoms with Gasteiger partial charge in [0.1, 0.15) is 0 Å². The second-order valence-corrected chi connectivity index (χ2v) is 6.05. The lowest BCUT2D eigenvalue weighted by molar-refractivity contribution is 0.0694. The first-order valence-electron chi connectivity index (χ1n) is 6.66. The molecule has 6 heteroatoms. The van der Waals surface area contributed by atoms with E-state index in [2.05, 4.69) is 15.0 Å². The maximum atomic E-state index is 11.3. The van der Waals surface area contributed by atoms with Crippen LogP contribution < -0.4 is 0 Å². The third-order valence-corrected chi connectivity index (χ3v) is 4.43. The summed E-state index contributed by atoms with van der Waals surface area (Å²) in [6.45, 7) is 0. The fraction of sp³-hybridized carbons (Fsp3) is 0.200. The smallest absolute Gasteiger partial charge is 0.339 e. The fourth-order valence-electron chi connectivity index (χ4n) is 2.34. The molecule has 104 valence electrons. The maximum Gasteiger partial charge on any atom is 0.339 e. The summed E-state index contributed by atoms with van der Waals surface area (Å²) in [5.74, 6) is -0.156. The molecule has 1 N–H and O–H groups in total. The van der Waals surface area contributed by atoms with E-state index in [9.17, 15) is 9.90 Å². The van der Waals surface area contributed by atoms with E-state index < -0.39 is 5.97 Å². The van der Waals surface area contributed by atoms with Crippen molar-refractivity contribution in [1.29, 1.82) is 0 Å². The van der Waals surface area contributed by atoms with Gasteiger partial charge in [-0.05, 0) is 30.4 Å². The van der Waals surface area contributed by atoms with Crippen molar-refractivity contribution < 1.29 is 9.90 Å². The Bertz CT molecular complexity index is 855. The van der Waals surface area contributed by atoms with Crippen LogP contribution in [0.15, 0.2) is 29.9 Å². The van der Waals surface area contributed by atoms with E-state index in [1.165, 1.54) is 6.20 Å². The number of aromatic nitrogens is 3. The van der Waals surface area contributed by atoms with Gasteiger partial charge in [-0.15, -0.1) is 11.3 Å². The second kappa shape index (κ2) is 4.60. The molecule has 0 aromatic carbocycles. The lowest BCUT2D eigenvalue weighted by Gasteiger charge is -2.06. The van der Waals surface area contributed by atoms with Crippen LogP contribution in [0.1, 0.15) is 34.8 Å². The van der Waals surface area contributed by atoms with Gasteiger partial charge in [-0.3, -0.25) is 4.98 Å². The fourth-order valence-corrected chi connectivity index (χ4v) is 3.12. The molecule has 1 fully saturated rings. The van der Waals surface area contributed by atoms with E-state index in [1.807, 2.05) is 17.5 Å². The Balaban J connectivity index is 1.84. The third-order valence-electron chi connectivity index (χ3n) is 3.57. The van der Waals surface area contributed by atoms with Crippen molar-refractivity contribution in [3.63, 3.8) is 0 Å². The number of hydrogen-bond donors (Lipinski definition) is 1.